The van der Waals surface area contributed by atoms with Gasteiger partial charge < -0.3 is 15.8 Å². The van der Waals surface area contributed by atoms with Gasteiger partial charge in [0.05, 0.1) is 33.2 Å². The van der Waals surface area contributed by atoms with E-state index >= 15 is 0 Å². The molecule has 11 heteroatoms. The highest BCUT2D eigenvalue weighted by atomic mass is 35.5. The van der Waals surface area contributed by atoms with Crippen LogP contribution in [-0.4, -0.2) is 34.0 Å². The second kappa shape index (κ2) is 10.2. The van der Waals surface area contributed by atoms with E-state index in [2.05, 4.69) is 20.1 Å². The molecular formula is C24H23ClF2N6OS. The summed E-state index contributed by atoms with van der Waals surface area (Å²) >= 11 is 7.93. The van der Waals surface area contributed by atoms with Gasteiger partial charge in [-0.25, -0.2) is 8.78 Å². The Labute approximate surface area is 210 Å². The number of nitrogens with one attached hydrogen (secondary N) is 2. The number of hydrogen-bond acceptors (Lipinski definition) is 6. The van der Waals surface area contributed by atoms with Gasteiger partial charge in [0.2, 0.25) is 5.91 Å². The fourth-order valence-electron chi connectivity index (χ4n) is 4.17. The Kier molecular flexibility index (Phi) is 7.25. The Morgan fingerprint density at radius 3 is 2.54 bits per heavy atom. The van der Waals surface area contributed by atoms with Crippen LogP contribution in [0.5, 0.6) is 0 Å². The molecule has 0 fully saturated rings. The number of aryl methyl sites for hydroxylation is 1. The summed E-state index contributed by atoms with van der Waals surface area (Å²) < 4.78 is 32.5. The minimum atomic E-state index is -0.657. The average molecular weight is 517 g/mol. The van der Waals surface area contributed by atoms with E-state index in [1.165, 1.54) is 30.3 Å². The van der Waals surface area contributed by atoms with Crippen molar-refractivity contribution in [1.82, 2.24) is 20.1 Å². The molecule has 2 aromatic carbocycles. The Morgan fingerprint density at radius 1 is 1.20 bits per heavy atom. The van der Waals surface area contributed by atoms with Crippen molar-refractivity contribution in [3.05, 3.63) is 76.1 Å². The molecule has 0 radical (unpaired) electrons. The summed E-state index contributed by atoms with van der Waals surface area (Å²) in [5.74, 6) is -1.34. The summed E-state index contributed by atoms with van der Waals surface area (Å²) in [4.78, 5) is 16.6. The van der Waals surface area contributed by atoms with Gasteiger partial charge in [-0.15, -0.1) is 0 Å². The van der Waals surface area contributed by atoms with Crippen molar-refractivity contribution in [3.63, 3.8) is 0 Å². The highest BCUT2D eigenvalue weighted by Gasteiger charge is 2.24. The van der Waals surface area contributed by atoms with E-state index in [1.54, 1.807) is 30.9 Å². The number of nitrogens with two attached hydrogens (primary N) is 1. The first-order valence-corrected chi connectivity index (χ1v) is 12.2. The first kappa shape index (κ1) is 24.9. The number of amides is 1. The van der Waals surface area contributed by atoms with Gasteiger partial charge in [-0.3, -0.25) is 14.5 Å². The topological polar surface area (TPSA) is 97.9 Å². The number of aromatic nitrogens is 3. The number of pyridine rings is 1. The summed E-state index contributed by atoms with van der Waals surface area (Å²) in [6, 6.07) is 8.21. The molecule has 7 nitrogen and oxygen atoms in total. The van der Waals surface area contributed by atoms with Gasteiger partial charge in [-0.1, -0.05) is 29.6 Å². The molecular weight excluding hydrogens is 494 g/mol. The zero-order valence-corrected chi connectivity index (χ0v) is 20.8. The van der Waals surface area contributed by atoms with Crippen molar-refractivity contribution < 1.29 is 13.6 Å². The number of rotatable bonds is 8. The van der Waals surface area contributed by atoms with Gasteiger partial charge in [-0.2, -0.15) is 5.10 Å². The Bertz CT molecular complexity index is 1410. The third kappa shape index (κ3) is 4.95. The maximum absolute atomic E-state index is 13.8. The lowest BCUT2D eigenvalue weighted by Gasteiger charge is -2.21. The van der Waals surface area contributed by atoms with E-state index in [9.17, 15) is 13.6 Å². The van der Waals surface area contributed by atoms with Crippen LogP contribution in [0.25, 0.3) is 22.0 Å². The Hall–Kier alpha value is -3.21. The summed E-state index contributed by atoms with van der Waals surface area (Å²) in [5, 5.41) is 8.95. The molecule has 4 rings (SSSR count). The van der Waals surface area contributed by atoms with E-state index in [0.29, 0.717) is 33.0 Å². The van der Waals surface area contributed by atoms with Gasteiger partial charge in [0, 0.05) is 36.7 Å². The molecule has 0 aliphatic carbocycles. The first-order chi connectivity index (χ1) is 16.7. The maximum Gasteiger partial charge on any atom is 0.250 e. The van der Waals surface area contributed by atoms with E-state index in [1.807, 2.05) is 12.3 Å². The average Bonchev–Trinajstić information content (AvgIpc) is 3.14. The predicted octanol–water partition coefficient (Wildman–Crippen LogP) is 4.86. The molecule has 2 heterocycles. The van der Waals surface area contributed by atoms with E-state index in [4.69, 9.17) is 17.3 Å². The molecule has 2 aromatic heterocycles. The number of primary amides is 1. The molecule has 35 heavy (non-hydrogen) atoms. The van der Waals surface area contributed by atoms with Crippen LogP contribution in [0, 0.1) is 11.6 Å². The third-order valence-corrected chi connectivity index (χ3v) is 6.38. The lowest BCUT2D eigenvalue weighted by molar-refractivity contribution is 0.1000. The molecule has 0 aliphatic rings. The molecule has 1 atom stereocenters. The monoisotopic (exact) mass is 516 g/mol. The quantitative estimate of drug-likeness (QED) is 0.289. The first-order valence-electron chi connectivity index (χ1n) is 10.6. The molecule has 4 N–H and O–H groups in total. The minimum absolute atomic E-state index is 0.225. The van der Waals surface area contributed by atoms with E-state index in [0.717, 1.165) is 17.1 Å². The normalized spacial score (nSPS) is 12.2. The maximum atomic E-state index is 13.8. The second-order valence-electron chi connectivity index (χ2n) is 7.94. The number of carbonyl (C=O) groups is 1. The number of benzene rings is 2. The molecule has 1 amide bonds. The molecule has 0 saturated carbocycles. The molecule has 0 aliphatic heterocycles. The van der Waals surface area contributed by atoms with Gasteiger partial charge in [0.1, 0.15) is 11.6 Å². The minimum Gasteiger partial charge on any atom is -0.366 e. The predicted molar refractivity (Wildman–Crippen MR) is 136 cm³/mol. The molecule has 0 saturated heterocycles. The van der Waals surface area contributed by atoms with Crippen molar-refractivity contribution in [2.75, 3.05) is 18.0 Å². The highest BCUT2D eigenvalue weighted by Crippen LogP contribution is 2.40. The zero-order chi connectivity index (χ0) is 25.3. The molecule has 0 spiro atoms. The largest absolute Gasteiger partial charge is 0.366 e. The van der Waals surface area contributed by atoms with E-state index < -0.39 is 23.6 Å². The van der Waals surface area contributed by atoms with Crippen LogP contribution in [0.15, 0.2) is 42.6 Å². The smallest absolute Gasteiger partial charge is 0.250 e. The van der Waals surface area contributed by atoms with Crippen LogP contribution >= 0.6 is 23.5 Å². The van der Waals surface area contributed by atoms with Crippen molar-refractivity contribution in [2.45, 2.75) is 12.5 Å². The highest BCUT2D eigenvalue weighted by molar-refractivity contribution is 7.99. The van der Waals surface area contributed by atoms with Crippen LogP contribution < -0.4 is 15.8 Å². The van der Waals surface area contributed by atoms with Crippen molar-refractivity contribution in [2.24, 2.45) is 12.8 Å². The van der Waals surface area contributed by atoms with Crippen LogP contribution in [0.3, 0.4) is 0 Å². The lowest BCUT2D eigenvalue weighted by Crippen LogP contribution is -2.22. The number of hydrogen-bond donors (Lipinski definition) is 3. The number of fused-ring (bicyclic) bond motifs is 1. The summed E-state index contributed by atoms with van der Waals surface area (Å²) in [6.45, 7) is 0. The second-order valence-corrected chi connectivity index (χ2v) is 8.96. The fourth-order valence-corrected chi connectivity index (χ4v) is 4.75. The van der Waals surface area contributed by atoms with Gasteiger partial charge in [-0.05, 0) is 43.3 Å². The van der Waals surface area contributed by atoms with Crippen LogP contribution in [0.4, 0.5) is 14.6 Å². The zero-order valence-electron chi connectivity index (χ0n) is 19.2. The summed E-state index contributed by atoms with van der Waals surface area (Å²) in [5.41, 5.74) is 8.89. The van der Waals surface area contributed by atoms with Crippen molar-refractivity contribution in [3.8, 4) is 11.1 Å². The molecule has 1 unspecified atom stereocenters. The standard InChI is InChI=1S/C24H23ClF2N6OS/c1-29-19(8-12-6-14(26)10-15(27)7-12)21-17(9-13(11-30-21)23(28)34)16-4-5-18(25)20-22(16)33(2)31-24(20)32-35-3/h4-7,9-11,19,29H,8H2,1-3H3,(H2,28,34)(H,31,32). The number of anilines is 1. The molecule has 0 bridgehead atoms. The van der Waals surface area contributed by atoms with Crippen molar-refractivity contribution in [1.29, 1.82) is 0 Å². The molecule has 182 valence electrons. The fraction of sp³-hybridized carbons (Fsp3) is 0.208. The van der Waals surface area contributed by atoms with Crippen LogP contribution in [-0.2, 0) is 13.5 Å². The third-order valence-electron chi connectivity index (χ3n) is 5.67. The number of halogens is 3. The number of nitrogens with zero attached hydrogens (tertiary/aromatic N) is 3. The summed E-state index contributed by atoms with van der Waals surface area (Å²) in [7, 11) is 3.53. The van der Waals surface area contributed by atoms with Crippen LogP contribution in [0.2, 0.25) is 5.02 Å². The van der Waals surface area contributed by atoms with Gasteiger partial charge in [0.25, 0.3) is 0 Å². The molecule has 4 aromatic rings. The Balaban J connectivity index is 1.94. The van der Waals surface area contributed by atoms with E-state index in [-0.39, 0.29) is 12.0 Å². The Morgan fingerprint density at radius 2 is 1.91 bits per heavy atom. The SMILES string of the molecule is CNC(Cc1cc(F)cc(F)c1)c1ncc(C(N)=O)cc1-c1ccc(Cl)c2c(NSC)nn(C)c12. The van der Waals surface area contributed by atoms with Crippen molar-refractivity contribution >= 4 is 46.2 Å². The van der Waals surface area contributed by atoms with Crippen LogP contribution in [0.1, 0.15) is 27.7 Å². The number of carbonyl (C=O) groups excluding carboxylic acids is 1. The van der Waals surface area contributed by atoms with Gasteiger partial charge >= 0.3 is 0 Å². The number of likely N-dealkylation sites (N-methyl/N-ethyl adjacent to an activating group) is 1. The lowest BCUT2D eigenvalue weighted by atomic mass is 9.93. The summed E-state index contributed by atoms with van der Waals surface area (Å²) in [6.07, 6.45) is 3.53. The van der Waals surface area contributed by atoms with Gasteiger partial charge in [0.15, 0.2) is 5.82 Å².